The molecule has 3 N–H and O–H groups in total. The molecule has 0 aliphatic carbocycles. The SMILES string of the molecule is CSCC(C)(O)CNC(=O)NC(C)CCc1ccc(F)c(F)c1. The van der Waals surface area contributed by atoms with Crippen molar-refractivity contribution in [3.63, 3.8) is 0 Å². The number of halogens is 2. The number of benzene rings is 1. The molecule has 23 heavy (non-hydrogen) atoms. The first-order chi connectivity index (χ1) is 10.7. The van der Waals surface area contributed by atoms with E-state index in [0.717, 1.165) is 6.07 Å². The number of hydrogen-bond donors (Lipinski definition) is 3. The summed E-state index contributed by atoms with van der Waals surface area (Å²) >= 11 is 1.50. The first-order valence-corrected chi connectivity index (χ1v) is 8.82. The number of aryl methyl sites for hydroxylation is 1. The lowest BCUT2D eigenvalue weighted by atomic mass is 10.1. The molecule has 0 heterocycles. The van der Waals surface area contributed by atoms with Gasteiger partial charge in [-0.2, -0.15) is 11.8 Å². The Hall–Kier alpha value is -1.34. The van der Waals surface area contributed by atoms with Crippen LogP contribution in [0.1, 0.15) is 25.8 Å². The second-order valence-corrected chi connectivity index (χ2v) is 6.81. The van der Waals surface area contributed by atoms with Crippen LogP contribution in [0.4, 0.5) is 13.6 Å². The van der Waals surface area contributed by atoms with E-state index in [-0.39, 0.29) is 18.6 Å². The van der Waals surface area contributed by atoms with Gasteiger partial charge < -0.3 is 15.7 Å². The molecule has 0 aliphatic rings. The third kappa shape index (κ3) is 7.65. The maximum absolute atomic E-state index is 13.1. The van der Waals surface area contributed by atoms with E-state index in [1.165, 1.54) is 23.9 Å². The average molecular weight is 346 g/mol. The molecule has 0 saturated carbocycles. The molecule has 2 unspecified atom stereocenters. The number of hydrogen-bond acceptors (Lipinski definition) is 3. The molecular formula is C16H24F2N2O2S. The van der Waals surface area contributed by atoms with Crippen molar-refractivity contribution in [3.8, 4) is 0 Å². The van der Waals surface area contributed by atoms with E-state index in [2.05, 4.69) is 10.6 Å². The van der Waals surface area contributed by atoms with Crippen LogP contribution in [0.2, 0.25) is 0 Å². The van der Waals surface area contributed by atoms with Crippen LogP contribution in [0.25, 0.3) is 0 Å². The Morgan fingerprint density at radius 2 is 2.09 bits per heavy atom. The van der Waals surface area contributed by atoms with E-state index in [4.69, 9.17) is 0 Å². The summed E-state index contributed by atoms with van der Waals surface area (Å²) in [4.78, 5) is 11.8. The van der Waals surface area contributed by atoms with Crippen LogP contribution in [-0.4, -0.2) is 41.3 Å². The second-order valence-electron chi connectivity index (χ2n) is 5.95. The Morgan fingerprint density at radius 3 is 2.70 bits per heavy atom. The van der Waals surface area contributed by atoms with Crippen molar-refractivity contribution in [1.29, 1.82) is 0 Å². The fourth-order valence-corrected chi connectivity index (χ4v) is 2.78. The van der Waals surface area contributed by atoms with Crippen molar-refractivity contribution < 1.29 is 18.7 Å². The van der Waals surface area contributed by atoms with E-state index >= 15 is 0 Å². The Kier molecular flexibility index (Phi) is 7.78. The molecule has 0 radical (unpaired) electrons. The molecule has 1 aromatic carbocycles. The van der Waals surface area contributed by atoms with Crippen molar-refractivity contribution in [2.45, 2.75) is 38.3 Å². The van der Waals surface area contributed by atoms with Crippen molar-refractivity contribution >= 4 is 17.8 Å². The fourth-order valence-electron chi connectivity index (χ4n) is 2.06. The lowest BCUT2D eigenvalue weighted by Crippen LogP contribution is -2.48. The summed E-state index contributed by atoms with van der Waals surface area (Å²) in [6, 6.07) is 3.31. The molecule has 0 aromatic heterocycles. The van der Waals surface area contributed by atoms with E-state index < -0.39 is 17.2 Å². The minimum atomic E-state index is -0.953. The van der Waals surface area contributed by atoms with E-state index in [9.17, 15) is 18.7 Å². The summed E-state index contributed by atoms with van der Waals surface area (Å²) in [6.07, 6.45) is 3.01. The number of thioether (sulfide) groups is 1. The Balaban J connectivity index is 2.34. The smallest absolute Gasteiger partial charge is 0.315 e. The highest BCUT2D eigenvalue weighted by Gasteiger charge is 2.20. The van der Waals surface area contributed by atoms with Crippen molar-refractivity contribution in [1.82, 2.24) is 10.6 Å². The Bertz CT molecular complexity index is 527. The molecule has 0 saturated heterocycles. The minimum absolute atomic E-state index is 0.131. The van der Waals surface area contributed by atoms with Crippen LogP contribution >= 0.6 is 11.8 Å². The zero-order chi connectivity index (χ0) is 17.5. The van der Waals surface area contributed by atoms with Gasteiger partial charge in [0.2, 0.25) is 0 Å². The number of carbonyl (C=O) groups excluding carboxylic acids is 1. The van der Waals surface area contributed by atoms with Gasteiger partial charge in [-0.05, 0) is 50.6 Å². The summed E-state index contributed by atoms with van der Waals surface area (Å²) in [5.74, 6) is -1.20. The van der Waals surface area contributed by atoms with Gasteiger partial charge in [0.05, 0.1) is 5.60 Å². The molecule has 2 atom stereocenters. The predicted octanol–water partition coefficient (Wildman–Crippen LogP) is 2.70. The lowest BCUT2D eigenvalue weighted by molar-refractivity contribution is 0.0868. The van der Waals surface area contributed by atoms with Crippen LogP contribution < -0.4 is 10.6 Å². The van der Waals surface area contributed by atoms with Gasteiger partial charge in [-0.1, -0.05) is 6.07 Å². The molecule has 1 aromatic rings. The van der Waals surface area contributed by atoms with Crippen LogP contribution in [0.5, 0.6) is 0 Å². The van der Waals surface area contributed by atoms with E-state index in [0.29, 0.717) is 24.2 Å². The fraction of sp³-hybridized carbons (Fsp3) is 0.562. The predicted molar refractivity (Wildman–Crippen MR) is 89.7 cm³/mol. The zero-order valence-corrected chi connectivity index (χ0v) is 14.5. The largest absolute Gasteiger partial charge is 0.387 e. The van der Waals surface area contributed by atoms with Gasteiger partial charge in [0, 0.05) is 18.3 Å². The van der Waals surface area contributed by atoms with Gasteiger partial charge in [0.15, 0.2) is 11.6 Å². The summed E-state index contributed by atoms with van der Waals surface area (Å²) in [5, 5.41) is 15.4. The lowest BCUT2D eigenvalue weighted by Gasteiger charge is -2.23. The van der Waals surface area contributed by atoms with Crippen molar-refractivity contribution in [2.24, 2.45) is 0 Å². The molecular weight excluding hydrogens is 322 g/mol. The van der Waals surface area contributed by atoms with Gasteiger partial charge in [-0.15, -0.1) is 0 Å². The van der Waals surface area contributed by atoms with Gasteiger partial charge in [-0.25, -0.2) is 13.6 Å². The third-order valence-corrected chi connectivity index (χ3v) is 4.22. The monoisotopic (exact) mass is 346 g/mol. The zero-order valence-electron chi connectivity index (χ0n) is 13.7. The van der Waals surface area contributed by atoms with Gasteiger partial charge >= 0.3 is 6.03 Å². The van der Waals surface area contributed by atoms with E-state index in [1.807, 2.05) is 13.2 Å². The maximum atomic E-state index is 13.1. The number of urea groups is 1. The summed E-state index contributed by atoms with van der Waals surface area (Å²) in [6.45, 7) is 3.66. The quantitative estimate of drug-likeness (QED) is 0.678. The highest BCUT2D eigenvalue weighted by Crippen LogP contribution is 2.11. The van der Waals surface area contributed by atoms with Crippen LogP contribution in [0, 0.1) is 11.6 Å². The Labute approximate surface area is 140 Å². The topological polar surface area (TPSA) is 61.4 Å². The molecule has 2 amide bonds. The van der Waals surface area contributed by atoms with Crippen molar-refractivity contribution in [3.05, 3.63) is 35.4 Å². The molecule has 1 rings (SSSR count). The highest BCUT2D eigenvalue weighted by atomic mass is 32.2. The van der Waals surface area contributed by atoms with Crippen molar-refractivity contribution in [2.75, 3.05) is 18.6 Å². The number of rotatable bonds is 8. The van der Waals surface area contributed by atoms with Gasteiger partial charge in [0.25, 0.3) is 0 Å². The second kappa shape index (κ2) is 9.08. The van der Waals surface area contributed by atoms with Gasteiger partial charge in [0.1, 0.15) is 0 Å². The standard InChI is InChI=1S/C16H24F2N2O2S/c1-11(4-5-12-6-7-13(17)14(18)8-12)20-15(21)19-9-16(2,22)10-23-3/h6-8,11,22H,4-5,9-10H2,1-3H3,(H2,19,20,21). The molecule has 0 bridgehead atoms. The van der Waals surface area contributed by atoms with E-state index in [1.54, 1.807) is 6.92 Å². The van der Waals surface area contributed by atoms with Gasteiger partial charge in [-0.3, -0.25) is 0 Å². The average Bonchev–Trinajstić information content (AvgIpc) is 2.46. The maximum Gasteiger partial charge on any atom is 0.315 e. The number of amides is 2. The Morgan fingerprint density at radius 1 is 1.39 bits per heavy atom. The number of nitrogens with one attached hydrogen (secondary N) is 2. The number of aliphatic hydroxyl groups is 1. The summed E-state index contributed by atoms with van der Waals surface area (Å²) in [5.41, 5.74) is -0.271. The third-order valence-electron chi connectivity index (χ3n) is 3.31. The highest BCUT2D eigenvalue weighted by molar-refractivity contribution is 7.98. The van der Waals surface area contributed by atoms with Crippen LogP contribution in [0.3, 0.4) is 0 Å². The molecule has 4 nitrogen and oxygen atoms in total. The normalized spacial score (nSPS) is 14.9. The molecule has 0 fully saturated rings. The summed E-state index contributed by atoms with van der Waals surface area (Å²) in [7, 11) is 0. The molecule has 130 valence electrons. The number of carbonyl (C=O) groups is 1. The molecule has 0 spiro atoms. The molecule has 7 heteroatoms. The molecule has 0 aliphatic heterocycles. The van der Waals surface area contributed by atoms with Crippen LogP contribution in [0.15, 0.2) is 18.2 Å². The minimum Gasteiger partial charge on any atom is -0.387 e. The first kappa shape index (κ1) is 19.7. The summed E-state index contributed by atoms with van der Waals surface area (Å²) < 4.78 is 26.0. The first-order valence-electron chi connectivity index (χ1n) is 7.43. The van der Waals surface area contributed by atoms with Crippen LogP contribution in [-0.2, 0) is 6.42 Å².